The first-order chi connectivity index (χ1) is 13.8. The summed E-state index contributed by atoms with van der Waals surface area (Å²) < 4.78 is 11.2. The number of carboxylic acids is 1. The van der Waals surface area contributed by atoms with Crippen molar-refractivity contribution in [2.24, 2.45) is 0 Å². The number of nitrogens with one attached hydrogen (secondary N) is 3. The molecular formula is C20H29N3O6. The molecule has 0 aromatic heterocycles. The van der Waals surface area contributed by atoms with E-state index in [1.54, 1.807) is 0 Å². The van der Waals surface area contributed by atoms with Gasteiger partial charge in [0, 0.05) is 19.6 Å². The highest BCUT2D eigenvalue weighted by molar-refractivity contribution is 5.90. The molecule has 1 aromatic carbocycles. The van der Waals surface area contributed by atoms with E-state index in [0.717, 1.165) is 24.2 Å². The molecule has 3 rings (SSSR count). The Morgan fingerprint density at radius 3 is 2.52 bits per heavy atom. The fraction of sp³-hybridized carbons (Fsp3) is 0.550. The molecule has 0 unspecified atom stereocenters. The number of aliphatic carboxylic acids is 1. The summed E-state index contributed by atoms with van der Waals surface area (Å²) in [6.45, 7) is 4.59. The lowest BCUT2D eigenvalue weighted by Gasteiger charge is -2.24. The van der Waals surface area contributed by atoms with Gasteiger partial charge in [-0.2, -0.15) is 0 Å². The Bertz CT molecular complexity index is 705. The van der Waals surface area contributed by atoms with Gasteiger partial charge in [0.2, 0.25) is 5.91 Å². The molecule has 1 atom stereocenters. The lowest BCUT2D eigenvalue weighted by atomic mass is 10.0. The summed E-state index contributed by atoms with van der Waals surface area (Å²) in [6.07, 6.45) is 1.98. The van der Waals surface area contributed by atoms with Crippen LogP contribution in [0.2, 0.25) is 0 Å². The second-order valence-corrected chi connectivity index (χ2v) is 7.39. The first kappa shape index (κ1) is 22.5. The molecular weight excluding hydrogens is 378 g/mol. The number of ether oxygens (including phenoxy) is 2. The average Bonchev–Trinajstić information content (AvgIpc) is 2.65. The van der Waals surface area contributed by atoms with Crippen LogP contribution in [0.4, 0.5) is 4.79 Å². The van der Waals surface area contributed by atoms with Crippen molar-refractivity contribution in [3.63, 3.8) is 0 Å². The summed E-state index contributed by atoms with van der Waals surface area (Å²) >= 11 is 0. The molecule has 2 bridgehead atoms. The van der Waals surface area contributed by atoms with E-state index in [4.69, 9.17) is 14.6 Å². The highest BCUT2D eigenvalue weighted by atomic mass is 16.5. The van der Waals surface area contributed by atoms with E-state index in [2.05, 4.69) is 16.0 Å². The molecule has 0 saturated carbocycles. The zero-order valence-electron chi connectivity index (χ0n) is 16.8. The molecule has 160 valence electrons. The van der Waals surface area contributed by atoms with Gasteiger partial charge in [-0.15, -0.1) is 0 Å². The minimum absolute atomic E-state index is 0.244. The van der Waals surface area contributed by atoms with E-state index >= 15 is 0 Å². The first-order valence-corrected chi connectivity index (χ1v) is 9.67. The van der Waals surface area contributed by atoms with Crippen molar-refractivity contribution in [3.8, 4) is 5.75 Å². The van der Waals surface area contributed by atoms with Crippen molar-refractivity contribution >= 4 is 17.9 Å². The molecule has 0 fully saturated rings. The van der Waals surface area contributed by atoms with Crippen LogP contribution in [0.25, 0.3) is 0 Å². The lowest BCUT2D eigenvalue weighted by Crippen LogP contribution is -2.57. The maximum absolute atomic E-state index is 12.6. The smallest absolute Gasteiger partial charge is 0.328 e. The van der Waals surface area contributed by atoms with Crippen molar-refractivity contribution in [2.75, 3.05) is 26.4 Å². The molecule has 2 aliphatic heterocycles. The Morgan fingerprint density at radius 2 is 1.83 bits per heavy atom. The summed E-state index contributed by atoms with van der Waals surface area (Å²) in [7, 11) is 0. The number of fused-ring (bicyclic) bond motifs is 13. The fourth-order valence-electron chi connectivity index (χ4n) is 2.67. The highest BCUT2D eigenvalue weighted by Crippen LogP contribution is 2.14. The minimum Gasteiger partial charge on any atom is -0.494 e. The summed E-state index contributed by atoms with van der Waals surface area (Å²) in [5.41, 5.74) is -0.634. The monoisotopic (exact) mass is 407 g/mol. The molecule has 9 heteroatoms. The lowest BCUT2D eigenvalue weighted by molar-refractivity contribution is -0.142. The van der Waals surface area contributed by atoms with E-state index < -0.39 is 23.6 Å². The second-order valence-electron chi connectivity index (χ2n) is 7.39. The molecule has 0 aliphatic carbocycles. The number of carboxylic acid groups (broad SMARTS) is 1. The van der Waals surface area contributed by atoms with Gasteiger partial charge >= 0.3 is 12.0 Å². The standard InChI is InChI=1S/C20H29N3O6/c1-20(2,18(25)26)23-19(27)22-16-13-14-5-7-15(8-6-14)29-11-4-3-10-28-12-9-21-17(16)24/h5-8,16H,3-4,9-13H2,1-2H3,(H,21,24)(H,25,26)(H2,22,23,27)/t16-/m1/s1. The van der Waals surface area contributed by atoms with Crippen LogP contribution in [0, 0.1) is 0 Å². The quantitative estimate of drug-likeness (QED) is 0.594. The highest BCUT2D eigenvalue weighted by Gasteiger charge is 2.30. The molecule has 1 aromatic rings. The van der Waals surface area contributed by atoms with Gasteiger partial charge in [-0.3, -0.25) is 4.79 Å². The van der Waals surface area contributed by atoms with E-state index in [1.807, 2.05) is 24.3 Å². The van der Waals surface area contributed by atoms with Gasteiger partial charge < -0.3 is 30.5 Å². The Labute approximate surface area is 170 Å². The maximum atomic E-state index is 12.6. The number of urea groups is 1. The van der Waals surface area contributed by atoms with Gasteiger partial charge in [0.1, 0.15) is 17.3 Å². The molecule has 9 nitrogen and oxygen atoms in total. The zero-order chi connectivity index (χ0) is 21.3. The van der Waals surface area contributed by atoms with Crippen LogP contribution in [0.5, 0.6) is 5.75 Å². The van der Waals surface area contributed by atoms with E-state index in [9.17, 15) is 14.4 Å². The van der Waals surface area contributed by atoms with Crippen LogP contribution >= 0.6 is 0 Å². The minimum atomic E-state index is -1.47. The summed E-state index contributed by atoms with van der Waals surface area (Å²) in [5.74, 6) is -0.816. The number of amides is 3. The van der Waals surface area contributed by atoms with Crippen molar-refractivity contribution < 1.29 is 29.0 Å². The first-order valence-electron chi connectivity index (χ1n) is 9.67. The molecule has 2 aliphatic rings. The summed E-state index contributed by atoms with van der Waals surface area (Å²) in [5, 5.41) is 16.8. The Kier molecular flexibility index (Phi) is 8.26. The number of carbonyl (C=O) groups excluding carboxylic acids is 2. The number of hydrogen-bond acceptors (Lipinski definition) is 5. The van der Waals surface area contributed by atoms with Gasteiger partial charge in [-0.1, -0.05) is 12.1 Å². The van der Waals surface area contributed by atoms with Crippen molar-refractivity contribution in [2.45, 2.75) is 44.7 Å². The van der Waals surface area contributed by atoms with Gasteiger partial charge in [0.05, 0.1) is 13.2 Å². The van der Waals surface area contributed by atoms with Gasteiger partial charge in [0.25, 0.3) is 0 Å². The Morgan fingerprint density at radius 1 is 1.14 bits per heavy atom. The van der Waals surface area contributed by atoms with E-state index in [1.165, 1.54) is 13.8 Å². The molecule has 2 heterocycles. The van der Waals surface area contributed by atoms with Gasteiger partial charge in [-0.25, -0.2) is 9.59 Å². The van der Waals surface area contributed by atoms with Crippen LogP contribution in [0.3, 0.4) is 0 Å². The van der Waals surface area contributed by atoms with Crippen LogP contribution in [0.1, 0.15) is 32.3 Å². The predicted molar refractivity (Wildman–Crippen MR) is 106 cm³/mol. The number of benzene rings is 1. The Balaban J connectivity index is 2.10. The van der Waals surface area contributed by atoms with Crippen LogP contribution in [-0.4, -0.2) is 61.0 Å². The van der Waals surface area contributed by atoms with Gasteiger partial charge in [-0.05, 0) is 44.4 Å². The van der Waals surface area contributed by atoms with E-state index in [-0.39, 0.29) is 12.3 Å². The fourth-order valence-corrected chi connectivity index (χ4v) is 2.67. The normalized spacial score (nSPS) is 19.0. The molecule has 0 saturated heterocycles. The SMILES string of the molecule is CC(C)(NC(=O)N[C@@H]1Cc2ccc(cc2)OCCCCOCCNC1=O)C(=O)O. The maximum Gasteiger partial charge on any atom is 0.328 e. The molecule has 4 N–H and O–H groups in total. The predicted octanol–water partition coefficient (Wildman–Crippen LogP) is 1.07. The Hall–Kier alpha value is -2.81. The van der Waals surface area contributed by atoms with Crippen LogP contribution in [-0.2, 0) is 20.7 Å². The van der Waals surface area contributed by atoms with Crippen LogP contribution < -0.4 is 20.7 Å². The van der Waals surface area contributed by atoms with Crippen LogP contribution in [0.15, 0.2) is 24.3 Å². The van der Waals surface area contributed by atoms with Crippen molar-refractivity contribution in [1.29, 1.82) is 0 Å². The topological polar surface area (TPSA) is 126 Å². The number of carbonyl (C=O) groups is 3. The molecule has 0 spiro atoms. The van der Waals surface area contributed by atoms with Crippen molar-refractivity contribution in [1.82, 2.24) is 16.0 Å². The summed E-state index contributed by atoms with van der Waals surface area (Å²) in [4.78, 5) is 36.1. The third-order valence-corrected chi connectivity index (χ3v) is 4.44. The van der Waals surface area contributed by atoms with E-state index in [0.29, 0.717) is 26.4 Å². The molecule has 0 radical (unpaired) electrons. The molecule has 29 heavy (non-hydrogen) atoms. The third-order valence-electron chi connectivity index (χ3n) is 4.44. The molecule has 3 amide bonds. The number of rotatable bonds is 3. The second kappa shape index (κ2) is 10.7. The third kappa shape index (κ3) is 7.61. The largest absolute Gasteiger partial charge is 0.494 e. The zero-order valence-corrected chi connectivity index (χ0v) is 16.8. The van der Waals surface area contributed by atoms with Crippen molar-refractivity contribution in [3.05, 3.63) is 29.8 Å². The van der Waals surface area contributed by atoms with Gasteiger partial charge in [0.15, 0.2) is 0 Å². The number of hydrogen-bond donors (Lipinski definition) is 4. The average molecular weight is 407 g/mol. The summed E-state index contributed by atoms with van der Waals surface area (Å²) in [6, 6.07) is 5.71.